The highest BCUT2D eigenvalue weighted by Gasteiger charge is 2.22. The molecule has 0 aromatic heterocycles. The Hall–Kier alpha value is -1.46. The molecular formula is C17H27N3OS. The zero-order chi connectivity index (χ0) is 16.3. The predicted molar refractivity (Wildman–Crippen MR) is 97.5 cm³/mol. The zero-order valence-corrected chi connectivity index (χ0v) is 14.3. The van der Waals surface area contributed by atoms with Crippen LogP contribution >= 0.6 is 11.8 Å². The molecule has 0 heterocycles. The van der Waals surface area contributed by atoms with Crippen LogP contribution in [0.25, 0.3) is 0 Å². The Morgan fingerprint density at radius 2 is 2.09 bits per heavy atom. The van der Waals surface area contributed by atoms with Gasteiger partial charge in [0, 0.05) is 24.6 Å². The lowest BCUT2D eigenvalue weighted by Gasteiger charge is -2.22. The van der Waals surface area contributed by atoms with Crippen molar-refractivity contribution >= 4 is 17.7 Å². The average Bonchev–Trinajstić information content (AvgIpc) is 2.53. The number of nitrogens with zero attached hydrogens (tertiary/aromatic N) is 1. The Morgan fingerprint density at radius 3 is 2.73 bits per heavy atom. The Labute approximate surface area is 138 Å². The number of hydrogen-bond donors (Lipinski definition) is 3. The van der Waals surface area contributed by atoms with Gasteiger partial charge >= 0.3 is 0 Å². The summed E-state index contributed by atoms with van der Waals surface area (Å²) in [4.78, 5) is 4.49. The summed E-state index contributed by atoms with van der Waals surface area (Å²) >= 11 is 1.82. The summed E-state index contributed by atoms with van der Waals surface area (Å²) in [7, 11) is 0. The Morgan fingerprint density at radius 1 is 1.36 bits per heavy atom. The minimum atomic E-state index is -0.971. The Balaban J connectivity index is 2.55. The second-order valence-electron chi connectivity index (χ2n) is 5.13. The molecule has 0 aliphatic rings. The molecule has 1 unspecified atom stereocenters. The summed E-state index contributed by atoms with van der Waals surface area (Å²) in [6.07, 6.45) is 1.90. The number of aliphatic imine (C=N–C) groups is 1. The average molecular weight is 321 g/mol. The van der Waals surface area contributed by atoms with Gasteiger partial charge in [-0.3, -0.25) is 0 Å². The first kappa shape index (κ1) is 18.6. The monoisotopic (exact) mass is 321 g/mol. The maximum Gasteiger partial charge on any atom is 0.191 e. The van der Waals surface area contributed by atoms with Crippen LogP contribution in [0.15, 0.2) is 48.0 Å². The zero-order valence-electron chi connectivity index (χ0n) is 13.5. The molecule has 1 rings (SSSR count). The van der Waals surface area contributed by atoms with Gasteiger partial charge in [0.1, 0.15) is 5.60 Å². The molecule has 22 heavy (non-hydrogen) atoms. The molecule has 4 nitrogen and oxygen atoms in total. The second kappa shape index (κ2) is 10.3. The lowest BCUT2D eigenvalue weighted by Crippen LogP contribution is -2.39. The molecule has 1 aromatic rings. The van der Waals surface area contributed by atoms with E-state index in [4.69, 9.17) is 0 Å². The molecule has 0 fully saturated rings. The first-order valence-electron chi connectivity index (χ1n) is 7.59. The fraction of sp³-hybridized carbons (Fsp3) is 0.471. The van der Waals surface area contributed by atoms with Crippen LogP contribution in [-0.2, 0) is 5.60 Å². The molecule has 0 saturated carbocycles. The summed E-state index contributed by atoms with van der Waals surface area (Å²) in [6, 6.07) is 9.63. The van der Waals surface area contributed by atoms with Crippen molar-refractivity contribution in [2.75, 3.05) is 31.1 Å². The van der Waals surface area contributed by atoms with E-state index in [9.17, 15) is 5.11 Å². The third kappa shape index (κ3) is 7.00. The topological polar surface area (TPSA) is 56.7 Å². The quantitative estimate of drug-likeness (QED) is 0.283. The molecule has 0 aliphatic heterocycles. The van der Waals surface area contributed by atoms with Gasteiger partial charge in [0.2, 0.25) is 0 Å². The molecule has 0 amide bonds. The number of nitrogens with one attached hydrogen (secondary N) is 2. The van der Waals surface area contributed by atoms with Crippen LogP contribution in [0.4, 0.5) is 0 Å². The molecule has 0 spiro atoms. The van der Waals surface area contributed by atoms with Crippen molar-refractivity contribution < 1.29 is 5.11 Å². The smallest absolute Gasteiger partial charge is 0.191 e. The van der Waals surface area contributed by atoms with Crippen LogP contribution in [0.2, 0.25) is 0 Å². The molecule has 3 N–H and O–H groups in total. The fourth-order valence-electron chi connectivity index (χ4n) is 1.87. The van der Waals surface area contributed by atoms with Gasteiger partial charge in [-0.05, 0) is 19.4 Å². The van der Waals surface area contributed by atoms with Gasteiger partial charge < -0.3 is 15.7 Å². The van der Waals surface area contributed by atoms with Crippen LogP contribution in [0.5, 0.6) is 0 Å². The molecule has 1 aromatic carbocycles. The van der Waals surface area contributed by atoms with Gasteiger partial charge in [0.25, 0.3) is 0 Å². The van der Waals surface area contributed by atoms with Crippen LogP contribution in [0, 0.1) is 0 Å². The van der Waals surface area contributed by atoms with Crippen molar-refractivity contribution in [3.05, 3.63) is 48.6 Å². The van der Waals surface area contributed by atoms with Gasteiger partial charge in [0.05, 0.1) is 6.54 Å². The Bertz CT molecular complexity index is 460. The van der Waals surface area contributed by atoms with Crippen molar-refractivity contribution in [1.29, 1.82) is 0 Å². The number of hydrogen-bond acceptors (Lipinski definition) is 3. The minimum absolute atomic E-state index is 0.312. The molecule has 0 radical (unpaired) electrons. The van der Waals surface area contributed by atoms with E-state index in [1.54, 1.807) is 6.92 Å². The number of benzene rings is 1. The van der Waals surface area contributed by atoms with Crippen LogP contribution < -0.4 is 10.6 Å². The summed E-state index contributed by atoms with van der Waals surface area (Å²) in [5, 5.41) is 17.0. The number of rotatable bonds is 9. The SMILES string of the molecule is C=CCSCCNC(=NCC(C)(O)c1ccccc1)NCC. The van der Waals surface area contributed by atoms with Gasteiger partial charge in [-0.15, -0.1) is 6.58 Å². The van der Waals surface area contributed by atoms with Crippen molar-refractivity contribution in [1.82, 2.24) is 10.6 Å². The van der Waals surface area contributed by atoms with E-state index in [1.807, 2.05) is 55.1 Å². The highest BCUT2D eigenvalue weighted by molar-refractivity contribution is 7.99. The largest absolute Gasteiger partial charge is 0.384 e. The van der Waals surface area contributed by atoms with E-state index in [1.165, 1.54) is 0 Å². The summed E-state index contributed by atoms with van der Waals surface area (Å²) in [6.45, 7) is 9.45. The van der Waals surface area contributed by atoms with Gasteiger partial charge in [0.15, 0.2) is 5.96 Å². The van der Waals surface area contributed by atoms with E-state index in [0.717, 1.165) is 36.1 Å². The third-order valence-electron chi connectivity index (χ3n) is 3.06. The van der Waals surface area contributed by atoms with Crippen LogP contribution in [-0.4, -0.2) is 42.2 Å². The molecule has 0 saturated heterocycles. The highest BCUT2D eigenvalue weighted by atomic mass is 32.2. The molecule has 0 aliphatic carbocycles. The normalized spacial score (nSPS) is 14.2. The molecular weight excluding hydrogens is 294 g/mol. The van der Waals surface area contributed by atoms with E-state index in [-0.39, 0.29) is 0 Å². The lowest BCUT2D eigenvalue weighted by atomic mass is 9.96. The molecule has 0 bridgehead atoms. The van der Waals surface area contributed by atoms with E-state index < -0.39 is 5.60 Å². The maximum atomic E-state index is 10.6. The fourth-order valence-corrected chi connectivity index (χ4v) is 2.45. The van der Waals surface area contributed by atoms with E-state index >= 15 is 0 Å². The standard InChI is InChI=1S/C17H27N3OS/c1-4-12-22-13-11-19-16(18-5-2)20-14-17(3,21)15-9-7-6-8-10-15/h4,6-10,21H,1,5,11-14H2,2-3H3,(H2,18,19,20). The summed E-state index contributed by atoms with van der Waals surface area (Å²) < 4.78 is 0. The van der Waals surface area contributed by atoms with Crippen molar-refractivity contribution in [2.24, 2.45) is 4.99 Å². The summed E-state index contributed by atoms with van der Waals surface area (Å²) in [5.74, 6) is 2.68. The first-order chi connectivity index (χ1) is 10.6. The first-order valence-corrected chi connectivity index (χ1v) is 8.74. The molecule has 122 valence electrons. The number of guanidine groups is 1. The predicted octanol–water partition coefficient (Wildman–Crippen LogP) is 2.37. The van der Waals surface area contributed by atoms with Gasteiger partial charge in [-0.1, -0.05) is 36.4 Å². The van der Waals surface area contributed by atoms with Crippen molar-refractivity contribution in [3.63, 3.8) is 0 Å². The Kier molecular flexibility index (Phi) is 8.70. The molecule has 5 heteroatoms. The number of aliphatic hydroxyl groups is 1. The molecule has 1 atom stereocenters. The van der Waals surface area contributed by atoms with Crippen molar-refractivity contribution in [2.45, 2.75) is 19.4 Å². The van der Waals surface area contributed by atoms with E-state index in [2.05, 4.69) is 22.2 Å². The van der Waals surface area contributed by atoms with Gasteiger partial charge in [-0.2, -0.15) is 11.8 Å². The summed E-state index contributed by atoms with van der Waals surface area (Å²) in [5.41, 5.74) is -0.0996. The maximum absolute atomic E-state index is 10.6. The van der Waals surface area contributed by atoms with Crippen molar-refractivity contribution in [3.8, 4) is 0 Å². The lowest BCUT2D eigenvalue weighted by molar-refractivity contribution is 0.0672. The van der Waals surface area contributed by atoms with Gasteiger partial charge in [-0.25, -0.2) is 4.99 Å². The van der Waals surface area contributed by atoms with Crippen LogP contribution in [0.3, 0.4) is 0 Å². The second-order valence-corrected chi connectivity index (χ2v) is 6.28. The number of thioether (sulfide) groups is 1. The van der Waals surface area contributed by atoms with E-state index in [0.29, 0.717) is 6.54 Å². The van der Waals surface area contributed by atoms with Crippen LogP contribution in [0.1, 0.15) is 19.4 Å². The highest BCUT2D eigenvalue weighted by Crippen LogP contribution is 2.20. The minimum Gasteiger partial charge on any atom is -0.384 e. The third-order valence-corrected chi connectivity index (χ3v) is 4.02.